The summed E-state index contributed by atoms with van der Waals surface area (Å²) in [4.78, 5) is 22.1. The predicted molar refractivity (Wildman–Crippen MR) is 52.7 cm³/mol. The number of carbonyl (C=O) groups is 2. The van der Waals surface area contributed by atoms with E-state index in [2.05, 4.69) is 0 Å². The number of allylic oxidation sites excluding steroid dienone is 2. The number of hydrogen-bond donors (Lipinski definition) is 0. The molecule has 14 heavy (non-hydrogen) atoms. The molecule has 0 aromatic heterocycles. The molecule has 0 heterocycles. The molecule has 0 aromatic rings. The van der Waals surface area contributed by atoms with Crippen LogP contribution in [0.2, 0.25) is 0 Å². The number of carbonyl (C=O) groups excluding carboxylic acids is 2. The highest BCUT2D eigenvalue weighted by atomic mass is 16.5. The molecule has 78 valence electrons. The van der Waals surface area contributed by atoms with Crippen molar-refractivity contribution >= 4 is 11.8 Å². The molecule has 1 aliphatic carbocycles. The summed E-state index contributed by atoms with van der Waals surface area (Å²) < 4.78 is 5.02. The van der Waals surface area contributed by atoms with Crippen LogP contribution in [0.5, 0.6) is 0 Å². The van der Waals surface area contributed by atoms with Gasteiger partial charge in [-0.05, 0) is 17.9 Å². The van der Waals surface area contributed by atoms with Crippen molar-refractivity contribution in [1.82, 2.24) is 0 Å². The molecular weight excluding hydrogens is 180 g/mol. The summed E-state index contributed by atoms with van der Waals surface area (Å²) in [5.41, 5.74) is 0. The van der Waals surface area contributed by atoms with Crippen molar-refractivity contribution < 1.29 is 14.3 Å². The van der Waals surface area contributed by atoms with Crippen molar-refractivity contribution in [2.75, 3.05) is 6.61 Å². The molecule has 0 saturated carbocycles. The third-order valence-electron chi connectivity index (χ3n) is 2.02. The molecule has 0 fully saturated rings. The highest BCUT2D eigenvalue weighted by Gasteiger charge is 2.19. The van der Waals surface area contributed by atoms with Crippen LogP contribution in [0.4, 0.5) is 0 Å². The number of hydrogen-bond acceptors (Lipinski definition) is 3. The zero-order valence-corrected chi connectivity index (χ0v) is 8.66. The minimum Gasteiger partial charge on any atom is -0.465 e. The largest absolute Gasteiger partial charge is 0.465 e. The van der Waals surface area contributed by atoms with Crippen LogP contribution in [-0.2, 0) is 14.3 Å². The van der Waals surface area contributed by atoms with Crippen LogP contribution in [-0.4, -0.2) is 18.4 Å². The lowest BCUT2D eigenvalue weighted by Crippen LogP contribution is -2.13. The van der Waals surface area contributed by atoms with Crippen molar-refractivity contribution in [2.45, 2.75) is 26.7 Å². The van der Waals surface area contributed by atoms with E-state index in [1.807, 2.05) is 13.8 Å². The first kappa shape index (κ1) is 11.0. The van der Waals surface area contributed by atoms with Gasteiger partial charge in [-0.3, -0.25) is 9.59 Å². The zero-order valence-electron chi connectivity index (χ0n) is 8.66. The summed E-state index contributed by atoms with van der Waals surface area (Å²) in [7, 11) is 0. The first-order chi connectivity index (χ1) is 6.58. The monoisotopic (exact) mass is 196 g/mol. The van der Waals surface area contributed by atoms with Crippen LogP contribution >= 0.6 is 0 Å². The molecule has 3 nitrogen and oxygen atoms in total. The van der Waals surface area contributed by atoms with Gasteiger partial charge < -0.3 is 4.74 Å². The summed E-state index contributed by atoms with van der Waals surface area (Å²) in [5.74, 6) is 0.316. The Morgan fingerprint density at radius 1 is 1.64 bits per heavy atom. The molecule has 3 heteroatoms. The molecule has 0 aromatic carbocycles. The van der Waals surface area contributed by atoms with Crippen molar-refractivity contribution in [1.29, 1.82) is 0 Å². The van der Waals surface area contributed by atoms with Crippen molar-refractivity contribution in [2.24, 2.45) is 11.8 Å². The van der Waals surface area contributed by atoms with E-state index in [-0.39, 0.29) is 17.7 Å². The second-order valence-corrected chi connectivity index (χ2v) is 4.07. The molecule has 0 radical (unpaired) electrons. The molecule has 1 rings (SSSR count). The smallest absolute Gasteiger partial charge is 0.306 e. The van der Waals surface area contributed by atoms with Gasteiger partial charge in [0.05, 0.1) is 13.0 Å². The minimum absolute atomic E-state index is 0.0576. The van der Waals surface area contributed by atoms with Crippen molar-refractivity contribution in [3.05, 3.63) is 12.2 Å². The Morgan fingerprint density at radius 2 is 2.36 bits per heavy atom. The van der Waals surface area contributed by atoms with Crippen molar-refractivity contribution in [3.63, 3.8) is 0 Å². The SMILES string of the molecule is CC(C)COC(=O)CC1C=CC(=O)C1. The van der Waals surface area contributed by atoms with Crippen molar-refractivity contribution in [3.8, 4) is 0 Å². The van der Waals surface area contributed by atoms with Crippen LogP contribution in [0.3, 0.4) is 0 Å². The van der Waals surface area contributed by atoms with E-state index < -0.39 is 0 Å². The maximum absolute atomic E-state index is 11.2. The van der Waals surface area contributed by atoms with Gasteiger partial charge in [-0.1, -0.05) is 19.9 Å². The lowest BCUT2D eigenvalue weighted by atomic mass is 10.1. The Bertz CT molecular complexity index is 253. The highest BCUT2D eigenvalue weighted by Crippen LogP contribution is 2.18. The Kier molecular flexibility index (Phi) is 3.86. The van der Waals surface area contributed by atoms with E-state index >= 15 is 0 Å². The first-order valence-corrected chi connectivity index (χ1v) is 4.94. The second kappa shape index (κ2) is 4.94. The molecule has 0 N–H and O–H groups in total. The van der Waals surface area contributed by atoms with Crippen LogP contribution in [0.15, 0.2) is 12.2 Å². The lowest BCUT2D eigenvalue weighted by Gasteiger charge is -2.09. The standard InChI is InChI=1S/C11H16O3/c1-8(2)7-14-11(13)6-9-3-4-10(12)5-9/h3-4,8-9H,5-7H2,1-2H3. The van der Waals surface area contributed by atoms with E-state index in [1.165, 1.54) is 0 Å². The number of ketones is 1. The fraction of sp³-hybridized carbons (Fsp3) is 0.636. The molecule has 0 bridgehead atoms. The second-order valence-electron chi connectivity index (χ2n) is 4.07. The molecule has 0 aliphatic heterocycles. The summed E-state index contributed by atoms with van der Waals surface area (Å²) in [6, 6.07) is 0. The van der Waals surface area contributed by atoms with Gasteiger partial charge >= 0.3 is 5.97 Å². The molecule has 1 atom stereocenters. The molecule has 0 amide bonds. The van der Waals surface area contributed by atoms with E-state index in [1.54, 1.807) is 12.2 Å². The summed E-state index contributed by atoms with van der Waals surface area (Å²) >= 11 is 0. The molecular formula is C11H16O3. The van der Waals surface area contributed by atoms with Gasteiger partial charge in [0.25, 0.3) is 0 Å². The van der Waals surface area contributed by atoms with Gasteiger partial charge in [-0.25, -0.2) is 0 Å². The maximum atomic E-state index is 11.2. The van der Waals surface area contributed by atoms with Crippen LogP contribution in [0, 0.1) is 11.8 Å². The van der Waals surface area contributed by atoms with E-state index in [9.17, 15) is 9.59 Å². The van der Waals surface area contributed by atoms with Gasteiger partial charge in [0.1, 0.15) is 0 Å². The van der Waals surface area contributed by atoms with Gasteiger partial charge in [0.2, 0.25) is 0 Å². The Labute approximate surface area is 84.1 Å². The van der Waals surface area contributed by atoms with Gasteiger partial charge in [0.15, 0.2) is 5.78 Å². The quantitative estimate of drug-likeness (QED) is 0.643. The Balaban J connectivity index is 2.21. The average molecular weight is 196 g/mol. The maximum Gasteiger partial charge on any atom is 0.306 e. The Morgan fingerprint density at radius 3 is 2.86 bits per heavy atom. The lowest BCUT2D eigenvalue weighted by molar-refractivity contribution is -0.145. The average Bonchev–Trinajstić information content (AvgIpc) is 2.48. The zero-order chi connectivity index (χ0) is 10.6. The molecule has 1 aliphatic rings. The van der Waals surface area contributed by atoms with E-state index in [4.69, 9.17) is 4.74 Å². The topological polar surface area (TPSA) is 43.4 Å². The normalized spacial score (nSPS) is 20.5. The van der Waals surface area contributed by atoms with Crippen LogP contribution < -0.4 is 0 Å². The van der Waals surface area contributed by atoms with Crippen LogP contribution in [0.25, 0.3) is 0 Å². The third kappa shape index (κ3) is 3.73. The molecule has 1 unspecified atom stereocenters. The number of esters is 1. The fourth-order valence-corrected chi connectivity index (χ4v) is 1.31. The van der Waals surface area contributed by atoms with Crippen LogP contribution in [0.1, 0.15) is 26.7 Å². The highest BCUT2D eigenvalue weighted by molar-refractivity contribution is 5.92. The summed E-state index contributed by atoms with van der Waals surface area (Å²) in [6.45, 7) is 4.45. The predicted octanol–water partition coefficient (Wildman–Crippen LogP) is 1.72. The fourth-order valence-electron chi connectivity index (χ4n) is 1.31. The number of rotatable bonds is 4. The minimum atomic E-state index is -0.206. The summed E-state index contributed by atoms with van der Waals surface area (Å²) in [5, 5.41) is 0. The van der Waals surface area contributed by atoms with E-state index in [0.717, 1.165) is 0 Å². The van der Waals surface area contributed by atoms with Gasteiger partial charge in [-0.15, -0.1) is 0 Å². The molecule has 0 spiro atoms. The third-order valence-corrected chi connectivity index (χ3v) is 2.02. The number of ether oxygens (including phenoxy) is 1. The molecule has 0 saturated heterocycles. The Hall–Kier alpha value is -1.12. The van der Waals surface area contributed by atoms with Gasteiger partial charge in [0, 0.05) is 6.42 Å². The first-order valence-electron chi connectivity index (χ1n) is 4.94. The summed E-state index contributed by atoms with van der Waals surface area (Å²) in [6.07, 6.45) is 4.12. The van der Waals surface area contributed by atoms with Gasteiger partial charge in [-0.2, -0.15) is 0 Å². The van der Waals surface area contributed by atoms with E-state index in [0.29, 0.717) is 25.4 Å².